The summed E-state index contributed by atoms with van der Waals surface area (Å²) in [5.74, 6) is 0.677. The van der Waals surface area contributed by atoms with Gasteiger partial charge in [0.2, 0.25) is 0 Å². The molecule has 0 radical (unpaired) electrons. The SMILES string of the molecule is COC(=O)CCCS.CO[C@H]1OC(CBr)[C@@H](OC)[C@H](O)C1O.CO[C@H]1OC(CSCCCC(=O)[O-])[C@@H](OC)[C@H](O)C1O.[K+]. The van der Waals surface area contributed by atoms with Gasteiger partial charge in [-0.25, -0.2) is 0 Å². The molecule has 0 aromatic rings. The van der Waals surface area contributed by atoms with Crippen molar-refractivity contribution in [1.82, 2.24) is 0 Å². The summed E-state index contributed by atoms with van der Waals surface area (Å²) in [5.41, 5.74) is 0. The van der Waals surface area contributed by atoms with Crippen LogP contribution >= 0.6 is 40.3 Å². The molecule has 2 heterocycles. The number of aliphatic hydroxyl groups is 4. The molecule has 0 aromatic heterocycles. The van der Waals surface area contributed by atoms with E-state index >= 15 is 0 Å². The van der Waals surface area contributed by atoms with Crippen molar-refractivity contribution in [3.8, 4) is 0 Å². The monoisotopic (exact) mass is 752 g/mol. The van der Waals surface area contributed by atoms with E-state index in [1.165, 1.54) is 47.3 Å². The van der Waals surface area contributed by atoms with Crippen LogP contribution in [0.4, 0.5) is 0 Å². The molecule has 2 rings (SSSR count). The number of carbonyl (C=O) groups is 2. The van der Waals surface area contributed by atoms with Gasteiger partial charge < -0.3 is 63.5 Å². The van der Waals surface area contributed by atoms with Gasteiger partial charge in [-0.3, -0.25) is 4.79 Å². The van der Waals surface area contributed by atoms with Crippen LogP contribution in [0.2, 0.25) is 0 Å². The first-order valence-corrected chi connectivity index (χ1v) is 16.0. The molecule has 0 aromatic carbocycles. The molecule has 2 fully saturated rings. The molecule has 4 N–H and O–H groups in total. The summed E-state index contributed by atoms with van der Waals surface area (Å²) in [7, 11) is 7.09. The van der Waals surface area contributed by atoms with Gasteiger partial charge in [-0.2, -0.15) is 24.4 Å². The van der Waals surface area contributed by atoms with Gasteiger partial charge >= 0.3 is 57.4 Å². The summed E-state index contributed by atoms with van der Waals surface area (Å²) < 4.78 is 35.4. The Balaban J connectivity index is 0. The smallest absolute Gasteiger partial charge is 0.550 e. The number of alkyl halides is 1. The van der Waals surface area contributed by atoms with Crippen molar-refractivity contribution in [2.75, 3.05) is 58.1 Å². The quantitative estimate of drug-likeness (QED) is 0.0375. The Morgan fingerprint density at radius 2 is 1.30 bits per heavy atom. The summed E-state index contributed by atoms with van der Waals surface area (Å²) in [6.45, 7) is 0. The standard InChI is InChI=1S/C12H22O7S.C8H15BrO5.C5H10O2S.K/c1-17-11-7(6-20-5-3-4-8(13)14)19-12(18-2)10(16)9(11)15;1-12-7-4(3-9)14-8(13-2)6(11)5(7)10;1-7-5(6)3-2-4-8;/h7,9-12,15-16H,3-6H2,1-2H3,(H,13,14);4-8,10-11H,3H2,1-2H3;8H,2-4H2,1H3;/q;;;+1/p-1/t7?,9-,10?,11-,12+;4?,5-,6?,7-,8+;;/m11../s1. The number of rotatable bonds is 14. The molecule has 0 aliphatic carbocycles. The Kier molecular flexibility index (Phi) is 29.5. The third-order valence-electron chi connectivity index (χ3n) is 6.16. The Morgan fingerprint density at radius 1 is 0.814 bits per heavy atom. The fourth-order valence-corrected chi connectivity index (χ4v) is 5.58. The summed E-state index contributed by atoms with van der Waals surface area (Å²) in [5, 5.41) is 49.8. The zero-order valence-corrected chi connectivity index (χ0v) is 32.0. The molecule has 10 atom stereocenters. The van der Waals surface area contributed by atoms with E-state index in [-0.39, 0.29) is 69.9 Å². The number of aliphatic hydroxyl groups excluding tert-OH is 4. The Hall–Kier alpha value is 1.36. The first-order chi connectivity index (χ1) is 20.0. The van der Waals surface area contributed by atoms with E-state index in [9.17, 15) is 35.1 Å². The molecular weight excluding hydrogens is 707 g/mol. The summed E-state index contributed by atoms with van der Waals surface area (Å²) in [6, 6.07) is 0. The number of hydrogen-bond donors (Lipinski definition) is 5. The normalized spacial score (nSPS) is 31.8. The maximum atomic E-state index is 10.3. The molecular formula is C25H46BrKO14S2. The van der Waals surface area contributed by atoms with Crippen LogP contribution in [-0.4, -0.2) is 152 Å². The van der Waals surface area contributed by atoms with Crippen molar-refractivity contribution in [2.45, 2.75) is 87.1 Å². The van der Waals surface area contributed by atoms with Crippen molar-refractivity contribution in [2.24, 2.45) is 0 Å². The Morgan fingerprint density at radius 3 is 1.70 bits per heavy atom. The molecule has 250 valence electrons. The third-order valence-corrected chi connectivity index (χ3v) is 8.26. The van der Waals surface area contributed by atoms with Gasteiger partial charge in [0.1, 0.15) is 36.6 Å². The van der Waals surface area contributed by atoms with Gasteiger partial charge in [0.05, 0.1) is 19.3 Å². The Labute approximate surface area is 314 Å². The molecule has 18 heteroatoms. The van der Waals surface area contributed by atoms with E-state index in [0.29, 0.717) is 29.7 Å². The molecule has 2 aliphatic heterocycles. The first-order valence-electron chi connectivity index (χ1n) is 13.1. The van der Waals surface area contributed by atoms with Crippen molar-refractivity contribution in [3.05, 3.63) is 0 Å². The topological polar surface area (TPSA) is 203 Å². The number of thiol groups is 1. The number of ether oxygens (including phenoxy) is 7. The van der Waals surface area contributed by atoms with Crippen LogP contribution in [0.15, 0.2) is 0 Å². The summed E-state index contributed by atoms with van der Waals surface area (Å²) in [4.78, 5) is 20.6. The Bertz CT molecular complexity index is 731. The van der Waals surface area contributed by atoms with E-state index in [4.69, 9.17) is 28.4 Å². The molecule has 43 heavy (non-hydrogen) atoms. The second-order valence-corrected chi connectivity index (χ2v) is 11.3. The predicted octanol–water partition coefficient (Wildman–Crippen LogP) is -4.28. The number of carbonyl (C=O) groups excluding carboxylic acids is 2. The minimum atomic E-state index is -1.16. The van der Waals surface area contributed by atoms with Crippen LogP contribution in [0, 0.1) is 0 Å². The van der Waals surface area contributed by atoms with Crippen molar-refractivity contribution < 1.29 is 120 Å². The maximum absolute atomic E-state index is 10.3. The number of esters is 1. The molecule has 0 bridgehead atoms. The van der Waals surface area contributed by atoms with Crippen LogP contribution in [0.3, 0.4) is 0 Å². The molecule has 0 saturated carbocycles. The summed E-state index contributed by atoms with van der Waals surface area (Å²) in [6.07, 6.45) is -6.18. The van der Waals surface area contributed by atoms with Gasteiger partial charge in [-0.05, 0) is 30.8 Å². The molecule has 0 spiro atoms. The predicted molar refractivity (Wildman–Crippen MR) is 157 cm³/mol. The second kappa shape index (κ2) is 27.3. The minimum absolute atomic E-state index is 0. The fourth-order valence-electron chi connectivity index (χ4n) is 3.89. The third kappa shape index (κ3) is 17.4. The number of halogens is 1. The van der Waals surface area contributed by atoms with Gasteiger partial charge in [-0.1, -0.05) is 15.9 Å². The van der Waals surface area contributed by atoms with Gasteiger partial charge in [0.15, 0.2) is 12.6 Å². The van der Waals surface area contributed by atoms with Crippen LogP contribution < -0.4 is 56.5 Å². The fraction of sp³-hybridized carbons (Fsp3) is 0.920. The maximum Gasteiger partial charge on any atom is 1.00 e. The van der Waals surface area contributed by atoms with E-state index in [0.717, 1.165) is 12.2 Å². The molecule has 2 aliphatic rings. The zero-order chi connectivity index (χ0) is 32.2. The molecule has 2 saturated heterocycles. The number of aliphatic carboxylic acids is 1. The second-order valence-electron chi connectivity index (χ2n) is 9.03. The van der Waals surface area contributed by atoms with Gasteiger partial charge in [0.25, 0.3) is 0 Å². The minimum Gasteiger partial charge on any atom is -0.550 e. The number of hydrogen-bond acceptors (Lipinski definition) is 16. The van der Waals surface area contributed by atoms with Crippen molar-refractivity contribution in [3.63, 3.8) is 0 Å². The first kappa shape index (κ1) is 46.5. The molecule has 14 nitrogen and oxygen atoms in total. The molecule has 0 amide bonds. The number of methoxy groups -OCH3 is 5. The summed E-state index contributed by atoms with van der Waals surface area (Å²) >= 11 is 8.66. The number of carboxylic acid groups (broad SMARTS) is 1. The average molecular weight is 754 g/mol. The van der Waals surface area contributed by atoms with Crippen LogP contribution in [0.25, 0.3) is 0 Å². The van der Waals surface area contributed by atoms with Crippen molar-refractivity contribution in [1.29, 1.82) is 0 Å². The van der Waals surface area contributed by atoms with E-state index in [2.05, 4.69) is 33.3 Å². The molecule has 4 unspecified atom stereocenters. The van der Waals surface area contributed by atoms with E-state index in [1.54, 1.807) is 0 Å². The van der Waals surface area contributed by atoms with Crippen LogP contribution in [-0.2, 0) is 42.7 Å². The largest absolute Gasteiger partial charge is 1.00 e. The van der Waals surface area contributed by atoms with E-state index < -0.39 is 61.3 Å². The van der Waals surface area contributed by atoms with Crippen LogP contribution in [0.1, 0.15) is 25.7 Å². The van der Waals surface area contributed by atoms with Gasteiger partial charge in [0, 0.05) is 51.9 Å². The van der Waals surface area contributed by atoms with Crippen molar-refractivity contribution >= 4 is 52.3 Å². The van der Waals surface area contributed by atoms with Gasteiger partial charge in [-0.15, -0.1) is 0 Å². The van der Waals surface area contributed by atoms with Crippen LogP contribution in [0.5, 0.6) is 0 Å². The average Bonchev–Trinajstić information content (AvgIpc) is 2.99. The number of thioether (sulfide) groups is 1. The van der Waals surface area contributed by atoms with E-state index in [1.807, 2.05) is 0 Å². The zero-order valence-electron chi connectivity index (χ0n) is 25.5. The number of carboxylic acids is 1.